The predicted molar refractivity (Wildman–Crippen MR) is 202 cm³/mol. The lowest BCUT2D eigenvalue weighted by molar-refractivity contribution is -0.329. The second-order valence-electron chi connectivity index (χ2n) is 17.1. The molecule has 10 unspecified atom stereocenters. The number of nitrogens with zero attached hydrogens (tertiary/aromatic N) is 3. The number of alkyl carbamates (subject to hydrolysis) is 1. The van der Waals surface area contributed by atoms with Crippen LogP contribution < -0.4 is 21.8 Å². The van der Waals surface area contributed by atoms with E-state index in [0.717, 1.165) is 56.9 Å². The molecule has 0 radical (unpaired) electrons. The average Bonchev–Trinajstić information content (AvgIpc) is 3.77. The topological polar surface area (TPSA) is 208 Å². The van der Waals surface area contributed by atoms with Crippen LogP contribution in [0.4, 0.5) is 4.79 Å². The number of benzene rings is 1. The van der Waals surface area contributed by atoms with Gasteiger partial charge in [0.25, 0.3) is 0 Å². The summed E-state index contributed by atoms with van der Waals surface area (Å²) in [5, 5.41) is 23.7. The molecule has 1 saturated heterocycles. The first-order chi connectivity index (χ1) is 26.3. The van der Waals surface area contributed by atoms with Crippen molar-refractivity contribution in [2.45, 2.75) is 135 Å². The molecule has 7 N–H and O–H groups in total. The monoisotopic (exact) mass is 767 g/mol. The summed E-state index contributed by atoms with van der Waals surface area (Å²) in [4.78, 5) is 58.6. The number of carbonyl (C=O) groups excluding carboxylic acids is 4. The Morgan fingerprint density at radius 2 is 1.75 bits per heavy atom. The van der Waals surface area contributed by atoms with Gasteiger partial charge in [0.1, 0.15) is 24.8 Å². The molecule has 0 bridgehead atoms. The number of rotatable bonds is 12. The summed E-state index contributed by atoms with van der Waals surface area (Å²) < 4.78 is 11.1. The lowest BCUT2D eigenvalue weighted by Gasteiger charge is -2.61. The number of hydrazine groups is 1. The summed E-state index contributed by atoms with van der Waals surface area (Å²) in [5.74, 6) is 1.45. The maximum absolute atomic E-state index is 14.2. The highest BCUT2D eigenvalue weighted by Gasteiger charge is 2.60. The third kappa shape index (κ3) is 9.20. The first-order valence-electron chi connectivity index (χ1n) is 20.3. The summed E-state index contributed by atoms with van der Waals surface area (Å²) in [6.07, 6.45) is 10.6. The van der Waals surface area contributed by atoms with Gasteiger partial charge in [-0.1, -0.05) is 44.2 Å². The van der Waals surface area contributed by atoms with Crippen LogP contribution in [0.3, 0.4) is 0 Å². The Balaban J connectivity index is 1.08. The first-order valence-corrected chi connectivity index (χ1v) is 20.3. The van der Waals surface area contributed by atoms with Crippen LogP contribution in [0.25, 0.3) is 0 Å². The maximum Gasteiger partial charge on any atom is 0.408 e. The van der Waals surface area contributed by atoms with Crippen LogP contribution in [0.2, 0.25) is 0 Å². The van der Waals surface area contributed by atoms with Crippen LogP contribution >= 0.6 is 0 Å². The molecule has 5 fully saturated rings. The number of carbonyl (C=O) groups is 4. The van der Waals surface area contributed by atoms with Crippen LogP contribution in [0, 0.1) is 34.5 Å². The minimum Gasteiger partial charge on any atom is -0.463 e. The summed E-state index contributed by atoms with van der Waals surface area (Å²) in [6.45, 7) is 6.95. The van der Waals surface area contributed by atoms with Gasteiger partial charge in [-0.05, 0) is 124 Å². The standard InChI is InChI=1S/C40H61N7O8/c1-25(48)55-28-17-19-39(2)27(23-28)13-14-29-30-15-16-34(40(30,3)20-18-31(29)39)44-35(49)33-12-8-22-46(33)36(50)32(11-7-21-42-37(41)45-47(52)53)43-38(51)54-24-26-9-5-4-6-10-26/h4-6,9-10,27-34,52-53H,7-8,11-24H2,1-3H3,(H,43,51)(H,44,49)(H3,41,42,45). The van der Waals surface area contributed by atoms with Crippen molar-refractivity contribution in [3.63, 3.8) is 0 Å². The van der Waals surface area contributed by atoms with E-state index in [-0.39, 0.29) is 71.6 Å². The average molecular weight is 768 g/mol. The van der Waals surface area contributed by atoms with Crippen LogP contribution in [0.5, 0.6) is 0 Å². The first kappa shape index (κ1) is 40.7. The molecule has 304 valence electrons. The molecule has 1 aromatic carbocycles. The van der Waals surface area contributed by atoms with E-state index in [2.05, 4.69) is 29.5 Å². The zero-order valence-electron chi connectivity index (χ0n) is 32.6. The van der Waals surface area contributed by atoms with Crippen molar-refractivity contribution in [3.8, 4) is 0 Å². The number of guanidine groups is 1. The quantitative estimate of drug-likeness (QED) is 0.0577. The van der Waals surface area contributed by atoms with E-state index < -0.39 is 18.2 Å². The molecule has 15 nitrogen and oxygen atoms in total. The van der Waals surface area contributed by atoms with Crippen molar-refractivity contribution in [2.75, 3.05) is 13.1 Å². The fourth-order valence-electron chi connectivity index (χ4n) is 11.4. The zero-order valence-corrected chi connectivity index (χ0v) is 32.6. The van der Waals surface area contributed by atoms with Gasteiger partial charge in [-0.25, -0.2) is 10.2 Å². The molecule has 0 spiro atoms. The van der Waals surface area contributed by atoms with E-state index in [1.165, 1.54) is 13.3 Å². The Hall–Kier alpha value is -3.95. The fraction of sp³-hybridized carbons (Fsp3) is 0.725. The van der Waals surface area contributed by atoms with E-state index in [1.54, 1.807) is 4.90 Å². The molecule has 3 amide bonds. The van der Waals surface area contributed by atoms with Crippen molar-refractivity contribution < 1.29 is 39.1 Å². The van der Waals surface area contributed by atoms with Gasteiger partial charge in [0.2, 0.25) is 17.8 Å². The van der Waals surface area contributed by atoms with Gasteiger partial charge >= 0.3 is 12.1 Å². The van der Waals surface area contributed by atoms with Gasteiger partial charge in [-0.3, -0.25) is 29.8 Å². The van der Waals surface area contributed by atoms with Gasteiger partial charge in [-0.15, -0.1) is 0 Å². The SMILES string of the molecule is CC(=O)OC1CCC2(C)C(CCC3C2CCC2(C)C(NC(=O)C4CCCN4C(=O)C(CCCN=C(N)NN(O)O)NC(=O)OCc4ccccc4)CCC32)C1. The summed E-state index contributed by atoms with van der Waals surface area (Å²) >= 11 is 0. The highest BCUT2D eigenvalue weighted by atomic mass is 16.8. The summed E-state index contributed by atoms with van der Waals surface area (Å²) in [7, 11) is 0. The number of amides is 3. The largest absolute Gasteiger partial charge is 0.463 e. The number of aliphatic imine (C=N–C) groups is 1. The zero-order chi connectivity index (χ0) is 39.3. The normalized spacial score (nSPS) is 33.5. The second kappa shape index (κ2) is 17.5. The molecular weight excluding hydrogens is 706 g/mol. The molecule has 0 aromatic heterocycles. The lowest BCUT2D eigenvalue weighted by atomic mass is 9.45. The Labute approximate surface area is 324 Å². The number of hydrogen-bond acceptors (Lipinski definition) is 10. The van der Waals surface area contributed by atoms with Gasteiger partial charge in [0.05, 0.1) is 0 Å². The number of likely N-dealkylation sites (tertiary alicyclic amines) is 1. The number of fused-ring (bicyclic) bond motifs is 5. The summed E-state index contributed by atoms with van der Waals surface area (Å²) in [5.41, 5.74) is 8.68. The fourth-order valence-corrected chi connectivity index (χ4v) is 11.4. The van der Waals surface area contributed by atoms with Crippen molar-refractivity contribution in [1.82, 2.24) is 26.3 Å². The number of nitrogens with two attached hydrogens (primary N) is 1. The van der Waals surface area contributed by atoms with Crippen molar-refractivity contribution in [2.24, 2.45) is 45.2 Å². The third-order valence-corrected chi connectivity index (χ3v) is 14.1. The minimum atomic E-state index is -0.975. The predicted octanol–water partition coefficient (Wildman–Crippen LogP) is 4.41. The smallest absolute Gasteiger partial charge is 0.408 e. The van der Waals surface area contributed by atoms with Crippen LogP contribution in [0.15, 0.2) is 35.3 Å². The van der Waals surface area contributed by atoms with Crippen molar-refractivity contribution in [1.29, 1.82) is 0 Å². The molecular formula is C40H61N7O8. The molecule has 55 heavy (non-hydrogen) atoms. The minimum absolute atomic E-state index is 0.0185. The van der Waals surface area contributed by atoms with Crippen molar-refractivity contribution >= 4 is 29.8 Å². The highest BCUT2D eigenvalue weighted by molar-refractivity contribution is 5.92. The third-order valence-electron chi connectivity index (χ3n) is 14.1. The van der Waals surface area contributed by atoms with E-state index in [0.29, 0.717) is 49.5 Å². The van der Waals surface area contributed by atoms with Gasteiger partial charge in [-0.2, -0.15) is 0 Å². The molecule has 4 aliphatic carbocycles. The molecule has 4 saturated carbocycles. The van der Waals surface area contributed by atoms with E-state index >= 15 is 0 Å². The molecule has 15 heteroatoms. The second-order valence-corrected chi connectivity index (χ2v) is 17.1. The maximum atomic E-state index is 14.2. The van der Waals surface area contributed by atoms with Gasteiger partial charge in [0.15, 0.2) is 0 Å². The Morgan fingerprint density at radius 3 is 2.49 bits per heavy atom. The van der Waals surface area contributed by atoms with E-state index in [1.807, 2.05) is 35.8 Å². The number of hydrogen-bond donors (Lipinski definition) is 6. The molecule has 6 rings (SSSR count). The Morgan fingerprint density at radius 1 is 1.00 bits per heavy atom. The number of esters is 1. The molecule has 5 aliphatic rings. The molecule has 1 aliphatic heterocycles. The number of ether oxygens (including phenoxy) is 2. The Bertz CT molecular complexity index is 1560. The molecule has 10 atom stereocenters. The van der Waals surface area contributed by atoms with Crippen LogP contribution in [-0.4, -0.2) is 87.8 Å². The highest BCUT2D eigenvalue weighted by Crippen LogP contribution is 2.66. The molecule has 1 heterocycles. The van der Waals surface area contributed by atoms with Crippen LogP contribution in [0.1, 0.15) is 110 Å². The van der Waals surface area contributed by atoms with E-state index in [4.69, 9.17) is 25.6 Å². The molecule has 1 aromatic rings. The van der Waals surface area contributed by atoms with Gasteiger partial charge in [0, 0.05) is 31.4 Å². The van der Waals surface area contributed by atoms with Gasteiger partial charge < -0.3 is 30.7 Å². The summed E-state index contributed by atoms with van der Waals surface area (Å²) in [6, 6.07) is 7.64. The van der Waals surface area contributed by atoms with Crippen LogP contribution in [-0.2, 0) is 30.5 Å². The van der Waals surface area contributed by atoms with Crippen molar-refractivity contribution in [3.05, 3.63) is 35.9 Å². The van der Waals surface area contributed by atoms with E-state index in [9.17, 15) is 19.2 Å². The Kier molecular flexibility index (Phi) is 12.9. The lowest BCUT2D eigenvalue weighted by Crippen LogP contribution is -2.58. The number of nitrogens with one attached hydrogen (secondary N) is 3.